The summed E-state index contributed by atoms with van der Waals surface area (Å²) >= 11 is 7.66. The third kappa shape index (κ3) is 12.1. The van der Waals surface area contributed by atoms with Crippen LogP contribution in [0.5, 0.6) is 11.5 Å². The standard InChI is InChI=1S/C52H59ClF6N6O8S/c1-28(30-10-12-31(13-11-30)40-29(2)61-27-74-40)62-43(69)38-20-34(66)23-65(38)44(70)41(47(3,4)5)63-39(67)24-71-25-50(54,55)52(58,59)51(56,57)26-72-35-17-14-32(15-18-35)42(68)64-45-48(6,7)46(49(45,8)9)73-36-19-16-33(22-60)37(53)21-36/h10-19,21,27-28,34,38,41,45-46,66H,20,23-26H2,1-9H3,(H,62,69)(H,63,67)(H,64,68)/t28?,34-,38+,41-,45-,46-/m1/s1. The van der Waals surface area contributed by atoms with Gasteiger partial charge in [-0.2, -0.15) is 31.6 Å². The Hall–Kier alpha value is -5.95. The molecule has 6 rings (SSSR count). The van der Waals surface area contributed by atoms with E-state index in [1.807, 2.05) is 65.0 Å². The number of benzene rings is 3. The lowest BCUT2D eigenvalue weighted by molar-refractivity contribution is -0.324. The van der Waals surface area contributed by atoms with Gasteiger partial charge in [-0.15, -0.1) is 11.3 Å². The Kier molecular flexibility index (Phi) is 16.8. The molecule has 4 N–H and O–H groups in total. The van der Waals surface area contributed by atoms with E-state index in [0.29, 0.717) is 5.75 Å². The van der Waals surface area contributed by atoms with Crippen molar-refractivity contribution in [3.8, 4) is 28.0 Å². The van der Waals surface area contributed by atoms with Crippen molar-refractivity contribution in [1.82, 2.24) is 25.8 Å². The van der Waals surface area contributed by atoms with Crippen molar-refractivity contribution in [3.05, 3.63) is 99.6 Å². The molecule has 1 aromatic heterocycles. The van der Waals surface area contributed by atoms with Crippen LogP contribution >= 0.6 is 22.9 Å². The average Bonchev–Trinajstić information content (AvgIpc) is 3.95. The number of aromatic nitrogens is 1. The number of thiazole rings is 1. The first-order chi connectivity index (χ1) is 34.3. The van der Waals surface area contributed by atoms with Gasteiger partial charge in [0.1, 0.15) is 49.0 Å². The van der Waals surface area contributed by atoms with Gasteiger partial charge in [-0.05, 0) is 66.8 Å². The van der Waals surface area contributed by atoms with Crippen LogP contribution in [-0.4, -0.2) is 113 Å². The maximum atomic E-state index is 15.0. The highest BCUT2D eigenvalue weighted by molar-refractivity contribution is 7.13. The SMILES string of the molecule is Cc1ncsc1-c1ccc(C(C)NC(=O)[C@@H]2C[C@@H](O)CN2C(=O)[C@@H](NC(=O)COCC(F)(F)C(F)(F)C(F)(F)COc2ccc(C(=O)N[C@H]3C(C)(C)[C@H](Oc4ccc(C#N)c(Cl)c4)C3(C)C)cc2)C(C)(C)C)cc1. The van der Waals surface area contributed by atoms with E-state index in [1.54, 1.807) is 39.3 Å². The highest BCUT2D eigenvalue weighted by Gasteiger charge is 2.72. The summed E-state index contributed by atoms with van der Waals surface area (Å²) in [5.41, 5.74) is 2.28. The minimum atomic E-state index is -6.06. The van der Waals surface area contributed by atoms with Gasteiger partial charge in [0.15, 0.2) is 6.61 Å². The van der Waals surface area contributed by atoms with Gasteiger partial charge in [-0.3, -0.25) is 19.2 Å². The Bertz CT molecular complexity index is 2730. The number of hydrogen-bond acceptors (Lipinski definition) is 11. The molecule has 1 aliphatic carbocycles. The Balaban J connectivity index is 0.989. The Morgan fingerprint density at radius 2 is 1.53 bits per heavy atom. The number of nitrogens with zero attached hydrogens (tertiary/aromatic N) is 3. The second kappa shape index (κ2) is 21.7. The topological polar surface area (TPSA) is 192 Å². The zero-order valence-corrected chi connectivity index (χ0v) is 43.7. The maximum Gasteiger partial charge on any atom is 0.377 e. The number of aliphatic hydroxyl groups excluding tert-OH is 1. The molecule has 1 aliphatic heterocycles. The van der Waals surface area contributed by atoms with Crippen molar-refractivity contribution in [2.24, 2.45) is 16.2 Å². The lowest BCUT2D eigenvalue weighted by Crippen LogP contribution is -2.74. The normalized spacial score (nSPS) is 20.4. The molecule has 4 amide bonds. The number of aliphatic hydroxyl groups is 1. The highest BCUT2D eigenvalue weighted by Crippen LogP contribution is 2.56. The Labute approximate surface area is 434 Å². The summed E-state index contributed by atoms with van der Waals surface area (Å²) in [6.45, 7) is 9.60. The first-order valence-corrected chi connectivity index (χ1v) is 24.8. The van der Waals surface area contributed by atoms with Crippen molar-refractivity contribution in [3.63, 3.8) is 0 Å². The van der Waals surface area contributed by atoms with Crippen LogP contribution in [0.3, 0.4) is 0 Å². The molecule has 1 unspecified atom stereocenters. The zero-order chi connectivity index (χ0) is 54.9. The number of β-amino-alcohol motifs (C(OH)–C–C–N with tert-alkyl or cyclic N) is 1. The van der Waals surface area contributed by atoms with Crippen LogP contribution < -0.4 is 25.4 Å². The van der Waals surface area contributed by atoms with Crippen LogP contribution in [0.25, 0.3) is 10.4 Å². The summed E-state index contributed by atoms with van der Waals surface area (Å²) < 4.78 is 105. The second-order valence-electron chi connectivity index (χ2n) is 21.0. The monoisotopic (exact) mass is 1080 g/mol. The smallest absolute Gasteiger partial charge is 0.377 e. The fourth-order valence-electron chi connectivity index (χ4n) is 9.63. The van der Waals surface area contributed by atoms with Gasteiger partial charge >= 0.3 is 17.8 Å². The lowest BCUT2D eigenvalue weighted by atomic mass is 9.49. The molecule has 400 valence electrons. The van der Waals surface area contributed by atoms with Crippen molar-refractivity contribution in [2.75, 3.05) is 26.4 Å². The maximum absolute atomic E-state index is 15.0. The number of hydrogen-bond donors (Lipinski definition) is 4. The van der Waals surface area contributed by atoms with Crippen LogP contribution in [0.2, 0.25) is 5.02 Å². The Morgan fingerprint density at radius 3 is 2.09 bits per heavy atom. The van der Waals surface area contributed by atoms with E-state index in [4.69, 9.17) is 21.1 Å². The molecule has 0 radical (unpaired) electrons. The molecule has 2 aliphatic rings. The quantitative estimate of drug-likeness (QED) is 0.0660. The summed E-state index contributed by atoms with van der Waals surface area (Å²) in [5, 5.41) is 28.1. The molecule has 0 bridgehead atoms. The molecule has 74 heavy (non-hydrogen) atoms. The lowest BCUT2D eigenvalue weighted by Gasteiger charge is -2.63. The van der Waals surface area contributed by atoms with E-state index in [0.717, 1.165) is 38.7 Å². The van der Waals surface area contributed by atoms with Crippen molar-refractivity contribution in [1.29, 1.82) is 5.26 Å². The predicted molar refractivity (Wildman–Crippen MR) is 263 cm³/mol. The minimum absolute atomic E-state index is 0.0448. The number of alkyl halides is 6. The molecule has 0 spiro atoms. The van der Waals surface area contributed by atoms with E-state index in [2.05, 4.69) is 25.7 Å². The number of likely N-dealkylation sites (tertiary alicyclic amines) is 1. The predicted octanol–water partition coefficient (Wildman–Crippen LogP) is 8.93. The third-order valence-electron chi connectivity index (χ3n) is 13.5. The zero-order valence-electron chi connectivity index (χ0n) is 42.1. The van der Waals surface area contributed by atoms with Gasteiger partial charge < -0.3 is 40.2 Å². The highest BCUT2D eigenvalue weighted by atomic mass is 35.5. The molecule has 2 fully saturated rings. The van der Waals surface area contributed by atoms with Gasteiger partial charge in [0.25, 0.3) is 5.91 Å². The summed E-state index contributed by atoms with van der Waals surface area (Å²) in [4.78, 5) is 60.3. The molecule has 4 atom stereocenters. The summed E-state index contributed by atoms with van der Waals surface area (Å²) in [6.07, 6.45) is -1.67. The molecule has 1 saturated carbocycles. The molecule has 1 saturated heterocycles. The molecule has 22 heteroatoms. The van der Waals surface area contributed by atoms with E-state index >= 15 is 0 Å². The van der Waals surface area contributed by atoms with E-state index < -0.39 is 120 Å². The number of aryl methyl sites for hydroxylation is 1. The minimum Gasteiger partial charge on any atom is -0.489 e. The summed E-state index contributed by atoms with van der Waals surface area (Å²) in [7, 11) is 0. The number of nitrogens with one attached hydrogen (secondary N) is 3. The number of halogens is 7. The fourth-order valence-corrected chi connectivity index (χ4v) is 10.6. The van der Waals surface area contributed by atoms with E-state index in [-0.39, 0.29) is 29.1 Å². The van der Waals surface area contributed by atoms with Gasteiger partial charge in [0.2, 0.25) is 17.7 Å². The number of amides is 4. The molecular weight excluding hydrogens is 1020 g/mol. The number of ether oxygens (including phenoxy) is 3. The number of carbonyl (C=O) groups excluding carboxylic acids is 4. The molecule has 3 aromatic carbocycles. The van der Waals surface area contributed by atoms with Crippen LogP contribution in [-0.2, 0) is 19.1 Å². The third-order valence-corrected chi connectivity index (χ3v) is 14.8. The first kappa shape index (κ1) is 57.3. The van der Waals surface area contributed by atoms with Crippen molar-refractivity contribution < 1.29 is 64.8 Å². The van der Waals surface area contributed by atoms with Gasteiger partial charge in [0.05, 0.1) is 38.8 Å². The van der Waals surface area contributed by atoms with Crippen molar-refractivity contribution in [2.45, 2.75) is 123 Å². The van der Waals surface area contributed by atoms with Gasteiger partial charge in [-0.1, -0.05) is 84.3 Å². The number of nitriles is 1. The molecule has 2 heterocycles. The fraction of sp³-hybridized carbons (Fsp3) is 0.500. The number of rotatable bonds is 19. The van der Waals surface area contributed by atoms with E-state index in [1.165, 1.54) is 35.6 Å². The van der Waals surface area contributed by atoms with E-state index in [9.17, 15) is 55.9 Å². The van der Waals surface area contributed by atoms with Gasteiger partial charge in [0, 0.05) is 41.5 Å². The van der Waals surface area contributed by atoms with Crippen LogP contribution in [0.4, 0.5) is 26.3 Å². The van der Waals surface area contributed by atoms with Crippen LogP contribution in [0, 0.1) is 34.5 Å². The molecular formula is C52H59ClF6N6O8S. The van der Waals surface area contributed by atoms with Gasteiger partial charge in [-0.25, -0.2) is 4.98 Å². The number of carbonyl (C=O) groups is 4. The first-order valence-electron chi connectivity index (χ1n) is 23.5. The van der Waals surface area contributed by atoms with Crippen LogP contribution in [0.1, 0.15) is 95.0 Å². The van der Waals surface area contributed by atoms with Crippen molar-refractivity contribution >= 4 is 46.6 Å². The summed E-state index contributed by atoms with van der Waals surface area (Å²) in [5.74, 6) is -20.3. The molecule has 4 aromatic rings. The average molecular weight is 1080 g/mol. The largest absolute Gasteiger partial charge is 0.489 e. The second-order valence-corrected chi connectivity index (χ2v) is 22.2. The molecule has 14 nitrogen and oxygen atoms in total. The Morgan fingerprint density at radius 1 is 0.919 bits per heavy atom. The summed E-state index contributed by atoms with van der Waals surface area (Å²) in [6, 6.07) is 14.9. The van der Waals surface area contributed by atoms with Crippen LogP contribution in [0.15, 0.2) is 72.2 Å².